The van der Waals surface area contributed by atoms with Crippen molar-refractivity contribution in [2.75, 3.05) is 0 Å². The third-order valence-electron chi connectivity index (χ3n) is 4.08. The van der Waals surface area contributed by atoms with Crippen LogP contribution in [0.1, 0.15) is 72.1 Å². The Bertz CT molecular complexity index is 253. The molecule has 0 radical (unpaired) electrons. The maximum Gasteiger partial charge on any atom is 0.323 e. The van der Waals surface area contributed by atoms with Gasteiger partial charge in [-0.3, -0.25) is 10.1 Å². The van der Waals surface area contributed by atoms with Gasteiger partial charge < -0.3 is 5.11 Å². The summed E-state index contributed by atoms with van der Waals surface area (Å²) >= 11 is 0. The summed E-state index contributed by atoms with van der Waals surface area (Å²) in [4.78, 5) is 11.7. The van der Waals surface area contributed by atoms with Crippen LogP contribution in [0.25, 0.3) is 0 Å². The third-order valence-corrected chi connectivity index (χ3v) is 4.08. The van der Waals surface area contributed by atoms with Gasteiger partial charge in [0, 0.05) is 5.54 Å². The Labute approximate surface area is 105 Å². The summed E-state index contributed by atoms with van der Waals surface area (Å²) in [6.07, 6.45) is 8.14. The number of carbonyl (C=O) groups is 1. The van der Waals surface area contributed by atoms with Crippen LogP contribution in [0.4, 0.5) is 0 Å². The van der Waals surface area contributed by atoms with E-state index in [1.807, 2.05) is 0 Å². The Hall–Kier alpha value is -0.570. The van der Waals surface area contributed by atoms with Crippen LogP contribution in [-0.2, 0) is 4.79 Å². The van der Waals surface area contributed by atoms with E-state index >= 15 is 0 Å². The summed E-state index contributed by atoms with van der Waals surface area (Å²) < 4.78 is 0. The highest BCUT2D eigenvalue weighted by Gasteiger charge is 2.41. The molecule has 0 spiro atoms. The monoisotopic (exact) mass is 241 g/mol. The Morgan fingerprint density at radius 3 is 2.06 bits per heavy atom. The third kappa shape index (κ3) is 3.98. The zero-order valence-corrected chi connectivity index (χ0v) is 11.5. The number of rotatable bonds is 4. The van der Waals surface area contributed by atoms with E-state index < -0.39 is 11.5 Å². The molecule has 3 heteroatoms. The van der Waals surface area contributed by atoms with E-state index in [1.54, 1.807) is 0 Å². The molecule has 0 saturated heterocycles. The van der Waals surface area contributed by atoms with Gasteiger partial charge in [-0.1, -0.05) is 39.0 Å². The summed E-state index contributed by atoms with van der Waals surface area (Å²) in [5.74, 6) is -0.666. The van der Waals surface area contributed by atoms with Gasteiger partial charge in [-0.15, -0.1) is 0 Å². The zero-order chi connectivity index (χ0) is 12.9. The van der Waals surface area contributed by atoms with Crippen molar-refractivity contribution >= 4 is 5.97 Å². The molecule has 1 aliphatic carbocycles. The molecule has 3 nitrogen and oxygen atoms in total. The molecule has 0 amide bonds. The molecule has 0 bridgehead atoms. The standard InChI is InChI=1S/C14H27NO2/c1-4-13(2,3)15-14(12(16)17)10-8-6-5-7-9-11-14/h15H,4-11H2,1-3H3,(H,16,17). The first-order valence-electron chi connectivity index (χ1n) is 6.95. The molecule has 0 aromatic rings. The van der Waals surface area contributed by atoms with Crippen LogP contribution in [-0.4, -0.2) is 22.2 Å². The van der Waals surface area contributed by atoms with Gasteiger partial charge in [0.05, 0.1) is 0 Å². The lowest BCUT2D eigenvalue weighted by atomic mass is 9.81. The van der Waals surface area contributed by atoms with Crippen molar-refractivity contribution in [3.05, 3.63) is 0 Å². The topological polar surface area (TPSA) is 49.3 Å². The van der Waals surface area contributed by atoms with Crippen molar-refractivity contribution in [2.24, 2.45) is 0 Å². The molecule has 1 saturated carbocycles. The molecule has 0 atom stereocenters. The van der Waals surface area contributed by atoms with E-state index in [-0.39, 0.29) is 5.54 Å². The molecule has 2 N–H and O–H groups in total. The lowest BCUT2D eigenvalue weighted by Gasteiger charge is -2.40. The summed E-state index contributed by atoms with van der Waals surface area (Å²) in [6, 6.07) is 0. The second-order valence-corrected chi connectivity index (χ2v) is 6.02. The van der Waals surface area contributed by atoms with E-state index in [1.165, 1.54) is 19.3 Å². The zero-order valence-electron chi connectivity index (χ0n) is 11.5. The Morgan fingerprint density at radius 1 is 1.18 bits per heavy atom. The molecule has 1 aliphatic rings. The quantitative estimate of drug-likeness (QED) is 0.793. The van der Waals surface area contributed by atoms with Gasteiger partial charge in [0.25, 0.3) is 0 Å². The molecule has 0 heterocycles. The van der Waals surface area contributed by atoms with Gasteiger partial charge >= 0.3 is 5.97 Å². The van der Waals surface area contributed by atoms with E-state index in [2.05, 4.69) is 26.1 Å². The summed E-state index contributed by atoms with van der Waals surface area (Å²) in [5.41, 5.74) is -0.794. The number of carboxylic acid groups (broad SMARTS) is 1. The molecule has 1 fully saturated rings. The SMILES string of the molecule is CCC(C)(C)NC1(C(=O)O)CCCCCCC1. The van der Waals surface area contributed by atoms with Crippen molar-refractivity contribution in [1.29, 1.82) is 0 Å². The minimum Gasteiger partial charge on any atom is -0.480 e. The number of carboxylic acids is 1. The molecular weight excluding hydrogens is 214 g/mol. The lowest BCUT2D eigenvalue weighted by Crippen LogP contribution is -2.60. The van der Waals surface area contributed by atoms with Gasteiger partial charge in [-0.2, -0.15) is 0 Å². The van der Waals surface area contributed by atoms with Crippen molar-refractivity contribution < 1.29 is 9.90 Å². The molecule has 0 aromatic heterocycles. The summed E-state index contributed by atoms with van der Waals surface area (Å²) in [6.45, 7) is 6.29. The minimum atomic E-state index is -0.695. The Kier molecular flexibility index (Phi) is 4.99. The van der Waals surface area contributed by atoms with Crippen LogP contribution in [0.3, 0.4) is 0 Å². The van der Waals surface area contributed by atoms with Crippen LogP contribution < -0.4 is 5.32 Å². The van der Waals surface area contributed by atoms with Crippen LogP contribution in [0, 0.1) is 0 Å². The second kappa shape index (κ2) is 5.85. The van der Waals surface area contributed by atoms with Crippen LogP contribution in [0.2, 0.25) is 0 Å². The largest absolute Gasteiger partial charge is 0.480 e. The highest BCUT2D eigenvalue weighted by Crippen LogP contribution is 2.29. The maximum atomic E-state index is 11.7. The van der Waals surface area contributed by atoms with Crippen LogP contribution in [0.5, 0.6) is 0 Å². The van der Waals surface area contributed by atoms with Crippen molar-refractivity contribution in [3.8, 4) is 0 Å². The number of hydrogen-bond acceptors (Lipinski definition) is 2. The van der Waals surface area contributed by atoms with Gasteiger partial charge in [-0.25, -0.2) is 0 Å². The van der Waals surface area contributed by atoms with E-state index in [0.29, 0.717) is 0 Å². The molecule has 0 unspecified atom stereocenters. The molecule has 100 valence electrons. The highest BCUT2D eigenvalue weighted by molar-refractivity contribution is 5.79. The number of hydrogen-bond donors (Lipinski definition) is 2. The molecule has 1 rings (SSSR count). The maximum absolute atomic E-state index is 11.7. The van der Waals surface area contributed by atoms with E-state index in [0.717, 1.165) is 32.1 Å². The molecule has 0 aromatic carbocycles. The predicted molar refractivity (Wildman–Crippen MR) is 70.2 cm³/mol. The Morgan fingerprint density at radius 2 is 1.65 bits per heavy atom. The van der Waals surface area contributed by atoms with Gasteiger partial charge in [0.1, 0.15) is 5.54 Å². The predicted octanol–water partition coefficient (Wildman–Crippen LogP) is 3.33. The van der Waals surface area contributed by atoms with Crippen LogP contribution >= 0.6 is 0 Å². The highest BCUT2D eigenvalue weighted by atomic mass is 16.4. The Balaban J connectivity index is 2.82. The molecule has 17 heavy (non-hydrogen) atoms. The molecule has 0 aliphatic heterocycles. The van der Waals surface area contributed by atoms with Crippen molar-refractivity contribution in [3.63, 3.8) is 0 Å². The number of aliphatic carboxylic acids is 1. The van der Waals surface area contributed by atoms with Crippen LogP contribution in [0.15, 0.2) is 0 Å². The fourth-order valence-electron chi connectivity index (χ4n) is 2.64. The fourth-order valence-corrected chi connectivity index (χ4v) is 2.64. The fraction of sp³-hybridized carbons (Fsp3) is 0.929. The van der Waals surface area contributed by atoms with Crippen molar-refractivity contribution in [2.45, 2.75) is 83.2 Å². The van der Waals surface area contributed by atoms with Crippen molar-refractivity contribution in [1.82, 2.24) is 5.32 Å². The summed E-state index contributed by atoms with van der Waals surface area (Å²) in [5, 5.41) is 13.0. The average Bonchev–Trinajstić information content (AvgIpc) is 2.22. The molecular formula is C14H27NO2. The average molecular weight is 241 g/mol. The first kappa shape index (κ1) is 14.5. The second-order valence-electron chi connectivity index (χ2n) is 6.02. The van der Waals surface area contributed by atoms with Gasteiger partial charge in [0.2, 0.25) is 0 Å². The van der Waals surface area contributed by atoms with E-state index in [4.69, 9.17) is 0 Å². The first-order chi connectivity index (χ1) is 7.92. The smallest absolute Gasteiger partial charge is 0.323 e. The summed E-state index contributed by atoms with van der Waals surface area (Å²) in [7, 11) is 0. The van der Waals surface area contributed by atoms with Gasteiger partial charge in [-0.05, 0) is 33.1 Å². The lowest BCUT2D eigenvalue weighted by molar-refractivity contribution is -0.147. The van der Waals surface area contributed by atoms with Gasteiger partial charge in [0.15, 0.2) is 0 Å². The first-order valence-corrected chi connectivity index (χ1v) is 6.95. The van der Waals surface area contributed by atoms with E-state index in [9.17, 15) is 9.90 Å². The number of nitrogens with one attached hydrogen (secondary N) is 1. The minimum absolute atomic E-state index is 0.0996. The normalized spacial score (nSPS) is 21.6.